The van der Waals surface area contributed by atoms with Crippen molar-refractivity contribution in [3.05, 3.63) is 22.5 Å². The van der Waals surface area contributed by atoms with Crippen LogP contribution in [0.3, 0.4) is 0 Å². The van der Waals surface area contributed by atoms with Gasteiger partial charge in [-0.25, -0.2) is 4.39 Å². The molecule has 1 fully saturated rings. The summed E-state index contributed by atoms with van der Waals surface area (Å²) in [6.07, 6.45) is 0.922. The van der Waals surface area contributed by atoms with Crippen molar-refractivity contribution in [3.63, 3.8) is 0 Å². The summed E-state index contributed by atoms with van der Waals surface area (Å²) in [4.78, 5) is 10.8. The molecule has 1 aliphatic carbocycles. The van der Waals surface area contributed by atoms with Crippen LogP contribution < -0.4 is 4.74 Å². The Morgan fingerprint density at radius 1 is 1.61 bits per heavy atom. The zero-order chi connectivity index (χ0) is 13.5. The molecule has 0 unspecified atom stereocenters. The maximum Gasteiger partial charge on any atom is 0.304 e. The number of carboxylic acids is 1. The first-order chi connectivity index (χ1) is 8.41. The van der Waals surface area contributed by atoms with E-state index in [0.29, 0.717) is 12.8 Å². The van der Waals surface area contributed by atoms with Crippen LogP contribution in [0.4, 0.5) is 4.39 Å². The minimum Gasteiger partial charge on any atom is -0.504 e. The van der Waals surface area contributed by atoms with Crippen LogP contribution in [0.5, 0.6) is 11.5 Å². The second-order valence-electron chi connectivity index (χ2n) is 4.45. The molecule has 6 heteroatoms. The van der Waals surface area contributed by atoms with Gasteiger partial charge in [-0.3, -0.25) is 4.79 Å². The molecule has 4 nitrogen and oxygen atoms in total. The lowest BCUT2D eigenvalue weighted by Crippen LogP contribution is -2.14. The fourth-order valence-electron chi connectivity index (χ4n) is 2.19. The van der Waals surface area contributed by atoms with Crippen molar-refractivity contribution in [3.8, 4) is 11.5 Å². The summed E-state index contributed by atoms with van der Waals surface area (Å²) in [6, 6.07) is 0.984. The van der Waals surface area contributed by atoms with Crippen LogP contribution >= 0.6 is 11.6 Å². The summed E-state index contributed by atoms with van der Waals surface area (Å²) in [6.45, 7) is 0. The molecular weight excluding hydrogens is 263 g/mol. The lowest BCUT2D eigenvalue weighted by molar-refractivity contribution is -0.137. The average molecular weight is 275 g/mol. The molecule has 1 aliphatic rings. The number of carboxylic acid groups (broad SMARTS) is 1. The Labute approximate surface area is 108 Å². The molecule has 0 aromatic heterocycles. The lowest BCUT2D eigenvalue weighted by Gasteiger charge is -2.18. The summed E-state index contributed by atoms with van der Waals surface area (Å²) < 4.78 is 18.5. The van der Waals surface area contributed by atoms with Crippen LogP contribution in [0, 0.1) is 5.82 Å². The third-order valence-corrected chi connectivity index (χ3v) is 3.62. The van der Waals surface area contributed by atoms with E-state index in [1.807, 2.05) is 0 Å². The van der Waals surface area contributed by atoms with Gasteiger partial charge in [0.25, 0.3) is 0 Å². The predicted octanol–water partition coefficient (Wildman–Crippen LogP) is 2.70. The number of halogens is 2. The summed E-state index contributed by atoms with van der Waals surface area (Å²) in [5.41, 5.74) is -0.633. The molecule has 18 heavy (non-hydrogen) atoms. The van der Waals surface area contributed by atoms with Crippen molar-refractivity contribution in [2.45, 2.75) is 24.7 Å². The van der Waals surface area contributed by atoms with Crippen molar-refractivity contribution >= 4 is 17.6 Å². The highest BCUT2D eigenvalue weighted by molar-refractivity contribution is 6.32. The van der Waals surface area contributed by atoms with Gasteiger partial charge in [0.2, 0.25) is 0 Å². The van der Waals surface area contributed by atoms with Gasteiger partial charge in [0, 0.05) is 17.0 Å². The van der Waals surface area contributed by atoms with Crippen molar-refractivity contribution in [1.29, 1.82) is 0 Å². The van der Waals surface area contributed by atoms with Crippen LogP contribution in [0.15, 0.2) is 6.07 Å². The molecule has 0 atom stereocenters. The smallest absolute Gasteiger partial charge is 0.304 e. The predicted molar refractivity (Wildman–Crippen MR) is 62.8 cm³/mol. The van der Waals surface area contributed by atoms with E-state index >= 15 is 0 Å². The van der Waals surface area contributed by atoms with Crippen LogP contribution in [-0.2, 0) is 10.2 Å². The summed E-state index contributed by atoms with van der Waals surface area (Å²) in [5.74, 6) is -2.05. The number of aromatic hydroxyl groups is 1. The molecular formula is C12H12ClFO4. The molecule has 0 saturated heterocycles. The Balaban J connectivity index is 2.56. The van der Waals surface area contributed by atoms with Gasteiger partial charge in [-0.05, 0) is 12.8 Å². The Morgan fingerprint density at radius 3 is 2.67 bits per heavy atom. The fraction of sp³-hybridized carbons (Fsp3) is 0.417. The SMILES string of the molecule is COc1cc(F)c(Cl)c(C2(CC(=O)O)CC2)c1O. The highest BCUT2D eigenvalue weighted by Crippen LogP contribution is 2.58. The Hall–Kier alpha value is -1.49. The quantitative estimate of drug-likeness (QED) is 0.886. The Kier molecular flexibility index (Phi) is 3.11. The maximum atomic E-state index is 13.6. The molecule has 98 valence electrons. The molecule has 2 N–H and O–H groups in total. The first kappa shape index (κ1) is 13.0. The summed E-state index contributed by atoms with van der Waals surface area (Å²) >= 11 is 5.85. The Bertz CT molecular complexity index is 511. The van der Waals surface area contributed by atoms with Gasteiger partial charge >= 0.3 is 5.97 Å². The number of aliphatic carboxylic acids is 1. The first-order valence-corrected chi connectivity index (χ1v) is 5.76. The molecule has 0 aliphatic heterocycles. The molecule has 2 rings (SSSR count). The van der Waals surface area contributed by atoms with Crippen LogP contribution in [0.25, 0.3) is 0 Å². The molecule has 1 aromatic carbocycles. The molecule has 0 amide bonds. The number of methoxy groups -OCH3 is 1. The number of ether oxygens (including phenoxy) is 1. The second-order valence-corrected chi connectivity index (χ2v) is 4.83. The fourth-order valence-corrected chi connectivity index (χ4v) is 2.53. The van der Waals surface area contributed by atoms with Crippen molar-refractivity contribution in [1.82, 2.24) is 0 Å². The van der Waals surface area contributed by atoms with E-state index in [1.165, 1.54) is 7.11 Å². The third-order valence-electron chi connectivity index (χ3n) is 3.25. The van der Waals surface area contributed by atoms with Crippen LogP contribution in [-0.4, -0.2) is 23.3 Å². The van der Waals surface area contributed by atoms with Gasteiger partial charge in [0.05, 0.1) is 18.6 Å². The van der Waals surface area contributed by atoms with Gasteiger partial charge < -0.3 is 14.9 Å². The van der Waals surface area contributed by atoms with Crippen molar-refractivity contribution in [2.24, 2.45) is 0 Å². The summed E-state index contributed by atoms with van der Waals surface area (Å²) in [7, 11) is 1.29. The van der Waals surface area contributed by atoms with Crippen LogP contribution in [0.2, 0.25) is 5.02 Å². The molecule has 1 aromatic rings. The first-order valence-electron chi connectivity index (χ1n) is 5.38. The minimum absolute atomic E-state index is 0.0384. The van der Waals surface area contributed by atoms with E-state index < -0.39 is 17.2 Å². The summed E-state index contributed by atoms with van der Waals surface area (Å²) in [5, 5.41) is 18.7. The Morgan fingerprint density at radius 2 is 2.22 bits per heavy atom. The molecule has 1 saturated carbocycles. The topological polar surface area (TPSA) is 66.8 Å². The largest absolute Gasteiger partial charge is 0.504 e. The van der Waals surface area contributed by atoms with Crippen LogP contribution in [0.1, 0.15) is 24.8 Å². The van der Waals surface area contributed by atoms with Crippen molar-refractivity contribution < 1.29 is 24.1 Å². The second kappa shape index (κ2) is 4.31. The van der Waals surface area contributed by atoms with Gasteiger partial charge in [-0.1, -0.05) is 11.6 Å². The van der Waals surface area contributed by atoms with Gasteiger partial charge in [0.15, 0.2) is 11.5 Å². The number of carbonyl (C=O) groups is 1. The van der Waals surface area contributed by atoms with E-state index in [4.69, 9.17) is 21.4 Å². The van der Waals surface area contributed by atoms with E-state index in [9.17, 15) is 14.3 Å². The number of benzene rings is 1. The normalized spacial score (nSPS) is 16.4. The van der Waals surface area contributed by atoms with Gasteiger partial charge in [-0.2, -0.15) is 0 Å². The van der Waals surface area contributed by atoms with E-state index in [-0.39, 0.29) is 28.5 Å². The van der Waals surface area contributed by atoms with Crippen molar-refractivity contribution in [2.75, 3.05) is 7.11 Å². The zero-order valence-electron chi connectivity index (χ0n) is 9.67. The van der Waals surface area contributed by atoms with Gasteiger partial charge in [-0.15, -0.1) is 0 Å². The number of hydrogen-bond acceptors (Lipinski definition) is 3. The molecule has 0 bridgehead atoms. The van der Waals surface area contributed by atoms with E-state index in [1.54, 1.807) is 0 Å². The standard InChI is InChI=1S/C12H12ClFO4/c1-18-7-4-6(14)10(13)9(11(7)17)12(2-3-12)5-8(15)16/h4,17H,2-3,5H2,1H3,(H,15,16). The third kappa shape index (κ3) is 1.99. The number of phenolic OH excluding ortho intramolecular Hbond substituents is 1. The molecule has 0 radical (unpaired) electrons. The lowest BCUT2D eigenvalue weighted by atomic mass is 9.91. The highest BCUT2D eigenvalue weighted by Gasteiger charge is 2.50. The molecule has 0 spiro atoms. The highest BCUT2D eigenvalue weighted by atomic mass is 35.5. The number of phenols is 1. The molecule has 0 heterocycles. The van der Waals surface area contributed by atoms with E-state index in [2.05, 4.69) is 0 Å². The number of rotatable bonds is 4. The maximum absolute atomic E-state index is 13.6. The zero-order valence-corrected chi connectivity index (χ0v) is 10.4. The monoisotopic (exact) mass is 274 g/mol. The average Bonchev–Trinajstić information content (AvgIpc) is 3.03. The van der Waals surface area contributed by atoms with E-state index in [0.717, 1.165) is 6.07 Å². The van der Waals surface area contributed by atoms with Gasteiger partial charge in [0.1, 0.15) is 5.82 Å². The minimum atomic E-state index is -1.01. The number of hydrogen-bond donors (Lipinski definition) is 2.